The van der Waals surface area contributed by atoms with Crippen molar-refractivity contribution in [1.82, 2.24) is 5.32 Å². The van der Waals surface area contributed by atoms with Crippen LogP contribution in [0.15, 0.2) is 24.3 Å². The van der Waals surface area contributed by atoms with Gasteiger partial charge in [0.05, 0.1) is 12.2 Å². The third-order valence-electron chi connectivity index (χ3n) is 4.77. The lowest BCUT2D eigenvalue weighted by atomic mass is 9.89. The highest BCUT2D eigenvalue weighted by Crippen LogP contribution is 2.48. The van der Waals surface area contributed by atoms with E-state index in [1.165, 1.54) is 0 Å². The molecule has 2 aliphatic rings. The van der Waals surface area contributed by atoms with Crippen molar-refractivity contribution in [2.24, 2.45) is 0 Å². The van der Waals surface area contributed by atoms with Crippen LogP contribution in [0.1, 0.15) is 24.8 Å². The van der Waals surface area contributed by atoms with E-state index in [0.717, 1.165) is 37.2 Å². The molecule has 0 saturated carbocycles. The first-order chi connectivity index (χ1) is 12.1. The van der Waals surface area contributed by atoms with Crippen molar-refractivity contribution in [2.45, 2.75) is 25.4 Å². The SMILES string of the molecule is CCOc1cc(-c2c(F)cc(Cl)cc2F)cc2c1O[C@H]1CCNC[C@@H]21. The van der Waals surface area contributed by atoms with Crippen LogP contribution in [0.5, 0.6) is 11.5 Å². The smallest absolute Gasteiger partial charge is 0.165 e. The number of benzene rings is 2. The van der Waals surface area contributed by atoms with Gasteiger partial charge >= 0.3 is 0 Å². The Bertz CT molecular complexity index is 804. The molecule has 1 N–H and O–H groups in total. The molecular formula is C19H18ClF2NO2. The quantitative estimate of drug-likeness (QED) is 0.867. The van der Waals surface area contributed by atoms with Crippen LogP contribution in [0.4, 0.5) is 8.78 Å². The summed E-state index contributed by atoms with van der Waals surface area (Å²) in [7, 11) is 0. The molecule has 3 nitrogen and oxygen atoms in total. The summed E-state index contributed by atoms with van der Waals surface area (Å²) in [5, 5.41) is 3.38. The van der Waals surface area contributed by atoms with Crippen LogP contribution < -0.4 is 14.8 Å². The van der Waals surface area contributed by atoms with Crippen LogP contribution in [0, 0.1) is 11.6 Å². The second-order valence-electron chi connectivity index (χ2n) is 6.33. The first-order valence-electron chi connectivity index (χ1n) is 8.41. The summed E-state index contributed by atoms with van der Waals surface area (Å²) in [6.45, 7) is 3.98. The molecule has 2 aromatic carbocycles. The van der Waals surface area contributed by atoms with Gasteiger partial charge in [-0.1, -0.05) is 11.6 Å². The third kappa shape index (κ3) is 2.85. The predicted molar refractivity (Wildman–Crippen MR) is 92.6 cm³/mol. The standard InChI is InChI=1S/C19H18ClF2NO2/c1-2-24-17-6-10(18-14(21)7-11(20)8-15(18)22)5-12-13-9-23-4-3-16(13)25-19(12)17/h5-8,13,16,23H,2-4,9H2,1H3/t13-,16-/m0/s1. The number of hydrogen-bond donors (Lipinski definition) is 1. The molecule has 2 atom stereocenters. The van der Waals surface area contributed by atoms with Gasteiger partial charge in [0.15, 0.2) is 11.5 Å². The molecule has 25 heavy (non-hydrogen) atoms. The zero-order chi connectivity index (χ0) is 17.6. The average molecular weight is 366 g/mol. The number of piperidine rings is 1. The molecule has 6 heteroatoms. The molecule has 2 aromatic rings. The molecule has 1 fully saturated rings. The van der Waals surface area contributed by atoms with Gasteiger partial charge in [-0.05, 0) is 49.7 Å². The van der Waals surface area contributed by atoms with Crippen molar-refractivity contribution in [3.05, 3.63) is 46.5 Å². The summed E-state index contributed by atoms with van der Waals surface area (Å²) in [6, 6.07) is 5.69. The highest BCUT2D eigenvalue weighted by Gasteiger charge is 2.38. The maximum absolute atomic E-state index is 14.4. The second kappa shape index (κ2) is 6.46. The fourth-order valence-corrected chi connectivity index (χ4v) is 3.88. The first kappa shape index (κ1) is 16.6. The van der Waals surface area contributed by atoms with Crippen molar-refractivity contribution in [3.63, 3.8) is 0 Å². The minimum absolute atomic E-state index is 0.0322. The van der Waals surface area contributed by atoms with Crippen LogP contribution in [-0.2, 0) is 0 Å². The Hall–Kier alpha value is -1.85. The fraction of sp³-hybridized carbons (Fsp3) is 0.368. The molecule has 0 radical (unpaired) electrons. The first-order valence-corrected chi connectivity index (χ1v) is 8.79. The van der Waals surface area contributed by atoms with Crippen molar-refractivity contribution >= 4 is 11.6 Å². The van der Waals surface area contributed by atoms with Gasteiger partial charge in [-0.3, -0.25) is 0 Å². The number of halogens is 3. The highest BCUT2D eigenvalue weighted by atomic mass is 35.5. The Balaban J connectivity index is 1.87. The molecule has 2 aliphatic heterocycles. The Morgan fingerprint density at radius 3 is 2.72 bits per heavy atom. The van der Waals surface area contributed by atoms with Crippen LogP contribution >= 0.6 is 11.6 Å². The van der Waals surface area contributed by atoms with Crippen LogP contribution in [0.25, 0.3) is 11.1 Å². The third-order valence-corrected chi connectivity index (χ3v) is 4.98. The van der Waals surface area contributed by atoms with E-state index in [9.17, 15) is 8.78 Å². The molecule has 132 valence electrons. The summed E-state index contributed by atoms with van der Waals surface area (Å²) in [5.74, 6) is -0.00664. The van der Waals surface area contributed by atoms with Gasteiger partial charge in [0, 0.05) is 23.0 Å². The van der Waals surface area contributed by atoms with Gasteiger partial charge in [0.1, 0.15) is 17.7 Å². The van der Waals surface area contributed by atoms with Crippen molar-refractivity contribution in [2.75, 3.05) is 19.7 Å². The maximum Gasteiger partial charge on any atom is 0.165 e. The summed E-state index contributed by atoms with van der Waals surface area (Å²) in [6.07, 6.45) is 0.967. The van der Waals surface area contributed by atoms with Gasteiger partial charge in [-0.15, -0.1) is 0 Å². The zero-order valence-corrected chi connectivity index (χ0v) is 14.5. The van der Waals surface area contributed by atoms with Gasteiger partial charge in [-0.25, -0.2) is 8.78 Å². The van der Waals surface area contributed by atoms with E-state index in [2.05, 4.69) is 5.32 Å². The normalized spacial score (nSPS) is 21.4. The molecule has 2 heterocycles. The van der Waals surface area contributed by atoms with Crippen LogP contribution in [-0.4, -0.2) is 25.8 Å². The summed E-state index contributed by atoms with van der Waals surface area (Å²) < 4.78 is 40.6. The summed E-state index contributed by atoms with van der Waals surface area (Å²) >= 11 is 5.74. The lowest BCUT2D eigenvalue weighted by Gasteiger charge is -2.24. The number of ether oxygens (including phenoxy) is 2. The number of rotatable bonds is 3. The lowest BCUT2D eigenvalue weighted by Crippen LogP contribution is -2.37. The molecule has 4 rings (SSSR count). The molecule has 0 aliphatic carbocycles. The summed E-state index contributed by atoms with van der Waals surface area (Å²) in [5.41, 5.74) is 1.27. The number of fused-ring (bicyclic) bond motifs is 3. The highest BCUT2D eigenvalue weighted by molar-refractivity contribution is 6.30. The Kier molecular flexibility index (Phi) is 4.29. The minimum Gasteiger partial charge on any atom is -0.490 e. The molecule has 0 unspecified atom stereocenters. The molecular weight excluding hydrogens is 348 g/mol. The maximum atomic E-state index is 14.4. The minimum atomic E-state index is -0.690. The Labute approximate surface area is 149 Å². The zero-order valence-electron chi connectivity index (χ0n) is 13.7. The van der Waals surface area contributed by atoms with Crippen molar-refractivity contribution < 1.29 is 18.3 Å². The van der Waals surface area contributed by atoms with Gasteiger partial charge in [-0.2, -0.15) is 0 Å². The molecule has 0 aromatic heterocycles. The summed E-state index contributed by atoms with van der Waals surface area (Å²) in [4.78, 5) is 0. The number of hydrogen-bond acceptors (Lipinski definition) is 3. The van der Waals surface area contributed by atoms with Crippen LogP contribution in [0.2, 0.25) is 5.02 Å². The van der Waals surface area contributed by atoms with Crippen molar-refractivity contribution in [1.29, 1.82) is 0 Å². The largest absolute Gasteiger partial charge is 0.490 e. The van der Waals surface area contributed by atoms with Crippen LogP contribution in [0.3, 0.4) is 0 Å². The topological polar surface area (TPSA) is 30.5 Å². The average Bonchev–Trinajstić information content (AvgIpc) is 2.93. The Morgan fingerprint density at radius 1 is 1.24 bits per heavy atom. The van der Waals surface area contributed by atoms with Crippen molar-refractivity contribution in [3.8, 4) is 22.6 Å². The second-order valence-corrected chi connectivity index (χ2v) is 6.76. The molecule has 0 spiro atoms. The monoisotopic (exact) mass is 365 g/mol. The number of nitrogens with one attached hydrogen (secondary N) is 1. The van der Waals surface area contributed by atoms with Gasteiger partial charge < -0.3 is 14.8 Å². The molecule has 0 bridgehead atoms. The van der Waals surface area contributed by atoms with E-state index in [1.54, 1.807) is 6.07 Å². The predicted octanol–water partition coefficient (Wildman–Crippen LogP) is 4.52. The van der Waals surface area contributed by atoms with E-state index in [-0.39, 0.29) is 22.6 Å². The van der Waals surface area contributed by atoms with E-state index in [0.29, 0.717) is 23.7 Å². The van der Waals surface area contributed by atoms with Gasteiger partial charge in [0.2, 0.25) is 0 Å². The van der Waals surface area contributed by atoms with E-state index >= 15 is 0 Å². The lowest BCUT2D eigenvalue weighted by molar-refractivity contribution is 0.166. The van der Waals surface area contributed by atoms with E-state index < -0.39 is 11.6 Å². The van der Waals surface area contributed by atoms with E-state index in [1.807, 2.05) is 13.0 Å². The van der Waals surface area contributed by atoms with Gasteiger partial charge in [0.25, 0.3) is 0 Å². The molecule has 0 amide bonds. The fourth-order valence-electron chi connectivity index (χ4n) is 3.69. The van der Waals surface area contributed by atoms with E-state index in [4.69, 9.17) is 21.1 Å². The molecule has 1 saturated heterocycles. The Morgan fingerprint density at radius 2 is 2.00 bits per heavy atom.